The van der Waals surface area contributed by atoms with Crippen molar-refractivity contribution in [2.24, 2.45) is 0 Å². The Labute approximate surface area is 166 Å². The molecule has 5 nitrogen and oxygen atoms in total. The second-order valence-electron chi connectivity index (χ2n) is 6.34. The number of rotatable bonds is 6. The van der Waals surface area contributed by atoms with E-state index >= 15 is 0 Å². The van der Waals surface area contributed by atoms with Crippen LogP contribution in [0, 0.1) is 6.92 Å². The summed E-state index contributed by atoms with van der Waals surface area (Å²) >= 11 is 0. The minimum absolute atomic E-state index is 0.00908. The van der Waals surface area contributed by atoms with Crippen LogP contribution in [0.5, 0.6) is 5.75 Å². The lowest BCUT2D eigenvalue weighted by molar-refractivity contribution is -0.153. The zero-order chi connectivity index (χ0) is 21.9. The molecule has 0 spiro atoms. The fraction of sp³-hybridized carbons (Fsp3) is 0.263. The number of aromatic nitrogens is 2. The number of benzene rings is 2. The molecule has 1 N–H and O–H groups in total. The van der Waals surface area contributed by atoms with E-state index in [1.54, 1.807) is 19.1 Å². The van der Waals surface area contributed by atoms with Crippen molar-refractivity contribution in [3.63, 3.8) is 0 Å². The molecule has 0 amide bonds. The van der Waals surface area contributed by atoms with Crippen molar-refractivity contribution in [1.29, 1.82) is 0 Å². The van der Waals surface area contributed by atoms with E-state index in [2.05, 4.69) is 15.5 Å². The van der Waals surface area contributed by atoms with Crippen LogP contribution in [0.1, 0.15) is 17.0 Å². The van der Waals surface area contributed by atoms with Gasteiger partial charge in [0.2, 0.25) is 11.7 Å². The summed E-state index contributed by atoms with van der Waals surface area (Å²) in [4.78, 5) is 4.08. The van der Waals surface area contributed by atoms with Gasteiger partial charge in [-0.1, -0.05) is 23.4 Å². The van der Waals surface area contributed by atoms with E-state index in [9.17, 15) is 26.3 Å². The van der Waals surface area contributed by atoms with Crippen LogP contribution in [0.3, 0.4) is 0 Å². The van der Waals surface area contributed by atoms with E-state index < -0.39 is 24.5 Å². The standard InChI is InChI=1S/C19H15F6N3O2/c1-11-2-7-14(15(8-11)29-10-18(20,21)22)26-9-16-27-17(28-30-16)12-3-5-13(6-4-12)19(23,24)25/h2-8,26H,9-10H2,1H3. The van der Waals surface area contributed by atoms with Crippen molar-refractivity contribution < 1.29 is 35.6 Å². The van der Waals surface area contributed by atoms with Crippen LogP contribution in [-0.4, -0.2) is 22.9 Å². The molecule has 160 valence electrons. The number of halogens is 6. The summed E-state index contributed by atoms with van der Waals surface area (Å²) in [5.41, 5.74) is 0.518. The molecule has 0 aliphatic carbocycles. The average molecular weight is 431 g/mol. The van der Waals surface area contributed by atoms with Crippen molar-refractivity contribution in [2.75, 3.05) is 11.9 Å². The molecular formula is C19H15F6N3O2. The van der Waals surface area contributed by atoms with Gasteiger partial charge in [0, 0.05) is 5.56 Å². The van der Waals surface area contributed by atoms with Gasteiger partial charge in [-0.15, -0.1) is 0 Å². The predicted octanol–water partition coefficient (Wildman–Crippen LogP) is 5.62. The highest BCUT2D eigenvalue weighted by Crippen LogP contribution is 2.31. The Bertz CT molecular complexity index is 997. The smallest absolute Gasteiger partial charge is 0.422 e. The van der Waals surface area contributed by atoms with Gasteiger partial charge in [-0.05, 0) is 36.8 Å². The van der Waals surface area contributed by atoms with Gasteiger partial charge in [-0.2, -0.15) is 31.3 Å². The number of aryl methyl sites for hydroxylation is 1. The quantitative estimate of drug-likeness (QED) is 0.514. The van der Waals surface area contributed by atoms with Gasteiger partial charge in [-0.3, -0.25) is 0 Å². The number of alkyl halides is 6. The van der Waals surface area contributed by atoms with Gasteiger partial charge in [0.1, 0.15) is 5.75 Å². The molecule has 1 aromatic heterocycles. The molecule has 0 bridgehead atoms. The normalized spacial score (nSPS) is 12.1. The van der Waals surface area contributed by atoms with Crippen molar-refractivity contribution in [2.45, 2.75) is 25.8 Å². The maximum atomic E-state index is 12.6. The van der Waals surface area contributed by atoms with Crippen LogP contribution in [0.15, 0.2) is 47.0 Å². The van der Waals surface area contributed by atoms with E-state index in [1.165, 1.54) is 18.2 Å². The van der Waals surface area contributed by atoms with Crippen LogP contribution in [0.25, 0.3) is 11.4 Å². The fourth-order valence-electron chi connectivity index (χ4n) is 2.48. The molecule has 11 heteroatoms. The lowest BCUT2D eigenvalue weighted by atomic mass is 10.1. The third kappa shape index (κ3) is 5.65. The molecule has 0 atom stereocenters. The van der Waals surface area contributed by atoms with Gasteiger partial charge in [0.25, 0.3) is 0 Å². The number of ether oxygens (including phenoxy) is 1. The fourth-order valence-corrected chi connectivity index (χ4v) is 2.48. The maximum absolute atomic E-state index is 12.6. The average Bonchev–Trinajstić information content (AvgIpc) is 3.13. The summed E-state index contributed by atoms with van der Waals surface area (Å²) in [5.74, 6) is 0.181. The summed E-state index contributed by atoms with van der Waals surface area (Å²) in [5, 5.41) is 6.56. The van der Waals surface area contributed by atoms with E-state index in [1.807, 2.05) is 0 Å². The van der Waals surface area contributed by atoms with Crippen LogP contribution in [0.4, 0.5) is 32.0 Å². The number of hydrogen-bond acceptors (Lipinski definition) is 5. The predicted molar refractivity (Wildman–Crippen MR) is 94.8 cm³/mol. The van der Waals surface area contributed by atoms with Crippen molar-refractivity contribution in [1.82, 2.24) is 10.1 Å². The molecule has 2 aromatic carbocycles. The van der Waals surface area contributed by atoms with E-state index in [0.717, 1.165) is 12.1 Å². The molecule has 3 rings (SSSR count). The second kappa shape index (κ2) is 8.25. The highest BCUT2D eigenvalue weighted by molar-refractivity contribution is 5.58. The Morgan fingerprint density at radius 1 is 1.00 bits per heavy atom. The number of nitrogens with one attached hydrogen (secondary N) is 1. The van der Waals surface area contributed by atoms with Gasteiger partial charge in [0.05, 0.1) is 17.8 Å². The summed E-state index contributed by atoms with van der Waals surface area (Å²) in [7, 11) is 0. The first kappa shape index (κ1) is 21.5. The van der Waals surface area contributed by atoms with Crippen molar-refractivity contribution in [3.8, 4) is 17.1 Å². The first-order chi connectivity index (χ1) is 14.0. The molecule has 0 saturated carbocycles. The molecule has 1 heterocycles. The zero-order valence-electron chi connectivity index (χ0n) is 15.4. The van der Waals surface area contributed by atoms with Crippen molar-refractivity contribution in [3.05, 3.63) is 59.5 Å². The van der Waals surface area contributed by atoms with Gasteiger partial charge in [-0.25, -0.2) is 0 Å². The van der Waals surface area contributed by atoms with E-state index in [-0.39, 0.29) is 24.0 Å². The largest absolute Gasteiger partial charge is 0.482 e. The van der Waals surface area contributed by atoms with Crippen LogP contribution in [-0.2, 0) is 12.7 Å². The number of hydrogen-bond donors (Lipinski definition) is 1. The van der Waals surface area contributed by atoms with Gasteiger partial charge in [0.15, 0.2) is 6.61 Å². The molecule has 0 radical (unpaired) electrons. The van der Waals surface area contributed by atoms with Crippen LogP contribution < -0.4 is 10.1 Å². The lowest BCUT2D eigenvalue weighted by Gasteiger charge is -2.14. The minimum Gasteiger partial charge on any atom is -0.482 e. The van der Waals surface area contributed by atoms with E-state index in [0.29, 0.717) is 16.8 Å². The second-order valence-corrected chi connectivity index (χ2v) is 6.34. The Hall–Kier alpha value is -3.24. The van der Waals surface area contributed by atoms with Gasteiger partial charge >= 0.3 is 12.4 Å². The minimum atomic E-state index is -4.48. The lowest BCUT2D eigenvalue weighted by Crippen LogP contribution is -2.19. The molecular weight excluding hydrogens is 416 g/mol. The van der Waals surface area contributed by atoms with Gasteiger partial charge < -0.3 is 14.6 Å². The Morgan fingerprint density at radius 3 is 2.33 bits per heavy atom. The maximum Gasteiger partial charge on any atom is 0.422 e. The number of anilines is 1. The van der Waals surface area contributed by atoms with E-state index in [4.69, 9.17) is 9.26 Å². The first-order valence-corrected chi connectivity index (χ1v) is 8.55. The highest BCUT2D eigenvalue weighted by Gasteiger charge is 2.30. The summed E-state index contributed by atoms with van der Waals surface area (Å²) < 4.78 is 85.1. The van der Waals surface area contributed by atoms with Crippen molar-refractivity contribution >= 4 is 5.69 Å². The summed E-state index contributed by atoms with van der Waals surface area (Å²) in [6, 6.07) is 8.93. The topological polar surface area (TPSA) is 60.2 Å². The third-order valence-electron chi connectivity index (χ3n) is 3.90. The molecule has 0 aliphatic heterocycles. The Morgan fingerprint density at radius 2 is 1.70 bits per heavy atom. The molecule has 0 fully saturated rings. The SMILES string of the molecule is Cc1ccc(NCc2nc(-c3ccc(C(F)(F)F)cc3)no2)c(OCC(F)(F)F)c1. The van der Waals surface area contributed by atoms with Crippen LogP contribution >= 0.6 is 0 Å². The summed E-state index contributed by atoms with van der Waals surface area (Å²) in [6.45, 7) is 0.238. The molecule has 3 aromatic rings. The monoisotopic (exact) mass is 431 g/mol. The summed E-state index contributed by atoms with van der Waals surface area (Å²) in [6.07, 6.45) is -8.94. The van der Waals surface area contributed by atoms with Crippen LogP contribution in [0.2, 0.25) is 0 Å². The first-order valence-electron chi connectivity index (χ1n) is 8.55. The highest BCUT2D eigenvalue weighted by atomic mass is 19.4. The molecule has 30 heavy (non-hydrogen) atoms. The zero-order valence-corrected chi connectivity index (χ0v) is 15.4. The molecule has 0 unspecified atom stereocenters. The molecule has 0 aliphatic rings. The molecule has 0 saturated heterocycles. The number of nitrogens with zero attached hydrogens (tertiary/aromatic N) is 2. The Balaban J connectivity index is 1.68. The third-order valence-corrected chi connectivity index (χ3v) is 3.90. The Kier molecular flexibility index (Phi) is 5.90.